The highest BCUT2D eigenvalue weighted by molar-refractivity contribution is 6.06. The number of nitriles is 1. The van der Waals surface area contributed by atoms with Crippen LogP contribution in [-0.4, -0.2) is 16.7 Å². The Labute approximate surface area is 134 Å². The molecule has 5 rings (SSSR count). The summed E-state index contributed by atoms with van der Waals surface area (Å²) in [5.74, 6) is 0.130. The van der Waals surface area contributed by atoms with E-state index >= 15 is 0 Å². The monoisotopic (exact) mass is 304 g/mol. The number of carbonyl (C=O) groups excluding carboxylic acids is 2. The second-order valence-corrected chi connectivity index (χ2v) is 7.25. The van der Waals surface area contributed by atoms with Gasteiger partial charge in [0.1, 0.15) is 0 Å². The van der Waals surface area contributed by atoms with Crippen molar-refractivity contribution < 1.29 is 9.59 Å². The maximum Gasteiger partial charge on any atom is 0.234 e. The minimum absolute atomic E-state index is 0.0316. The Morgan fingerprint density at radius 2 is 1.70 bits per heavy atom. The van der Waals surface area contributed by atoms with Crippen molar-refractivity contribution in [2.75, 3.05) is 0 Å². The van der Waals surface area contributed by atoms with Gasteiger partial charge < -0.3 is 0 Å². The van der Waals surface area contributed by atoms with Gasteiger partial charge in [-0.3, -0.25) is 14.5 Å². The minimum atomic E-state index is -0.158. The van der Waals surface area contributed by atoms with Gasteiger partial charge in [-0.05, 0) is 41.7 Å². The molecule has 4 nitrogen and oxygen atoms in total. The zero-order valence-electron chi connectivity index (χ0n) is 12.6. The number of carbonyl (C=O) groups is 2. The van der Waals surface area contributed by atoms with Crippen LogP contribution >= 0.6 is 0 Å². The fourth-order valence-electron chi connectivity index (χ4n) is 5.23. The van der Waals surface area contributed by atoms with Crippen LogP contribution < -0.4 is 0 Å². The zero-order chi connectivity index (χ0) is 15.8. The van der Waals surface area contributed by atoms with Crippen LogP contribution in [0.5, 0.6) is 0 Å². The highest BCUT2D eigenvalue weighted by Crippen LogP contribution is 2.73. The van der Waals surface area contributed by atoms with Crippen LogP contribution in [0.2, 0.25) is 0 Å². The molecule has 23 heavy (non-hydrogen) atoms. The highest BCUT2D eigenvalue weighted by Gasteiger charge is 2.73. The third-order valence-electron chi connectivity index (χ3n) is 6.41. The molecule has 4 atom stereocenters. The molecule has 2 saturated carbocycles. The second kappa shape index (κ2) is 4.11. The number of hydrogen-bond acceptors (Lipinski definition) is 3. The third kappa shape index (κ3) is 1.45. The predicted molar refractivity (Wildman–Crippen MR) is 81.5 cm³/mol. The highest BCUT2D eigenvalue weighted by atomic mass is 16.2. The first-order chi connectivity index (χ1) is 11.2. The van der Waals surface area contributed by atoms with Gasteiger partial charge in [-0.2, -0.15) is 5.26 Å². The van der Waals surface area contributed by atoms with Gasteiger partial charge in [0.05, 0.1) is 30.0 Å². The van der Waals surface area contributed by atoms with Gasteiger partial charge in [-0.1, -0.05) is 30.4 Å². The van der Waals surface area contributed by atoms with Crippen molar-refractivity contribution >= 4 is 11.8 Å². The van der Waals surface area contributed by atoms with Crippen molar-refractivity contribution in [1.82, 2.24) is 4.90 Å². The predicted octanol–water partition coefficient (Wildman–Crippen LogP) is 2.26. The molecule has 3 fully saturated rings. The standard InChI is InChI=1S/C19H16N2O2/c20-9-11-3-1-2-4-12(11)10-21-17(22)15-13-5-6-14(16(15)18(21)23)19(13)7-8-19/h1-6,13-16H,7-8,10H2/t13-,14-,15-,16+/m1/s1. The molecule has 4 heteroatoms. The molecule has 1 aromatic rings. The van der Waals surface area contributed by atoms with Crippen LogP contribution in [0.1, 0.15) is 24.0 Å². The number of allylic oxidation sites excluding steroid dienone is 2. The normalized spacial score (nSPS) is 35.0. The summed E-state index contributed by atoms with van der Waals surface area (Å²) in [5, 5.41) is 9.21. The Morgan fingerprint density at radius 3 is 2.26 bits per heavy atom. The molecular formula is C19H16N2O2. The fourth-order valence-corrected chi connectivity index (χ4v) is 5.23. The van der Waals surface area contributed by atoms with Crippen LogP contribution in [0.25, 0.3) is 0 Å². The van der Waals surface area contributed by atoms with Gasteiger partial charge in [0.25, 0.3) is 0 Å². The molecule has 114 valence electrons. The van der Waals surface area contributed by atoms with E-state index in [0.717, 1.165) is 18.4 Å². The Balaban J connectivity index is 1.48. The molecule has 1 heterocycles. The molecule has 1 spiro atoms. The summed E-state index contributed by atoms with van der Waals surface area (Å²) in [6.07, 6.45) is 6.66. The van der Waals surface area contributed by atoms with Crippen molar-refractivity contribution in [3.63, 3.8) is 0 Å². The van der Waals surface area contributed by atoms with Crippen molar-refractivity contribution in [2.45, 2.75) is 19.4 Å². The average Bonchev–Trinajstić information content (AvgIpc) is 3.18. The zero-order valence-corrected chi connectivity index (χ0v) is 12.6. The number of likely N-dealkylation sites (tertiary alicyclic amines) is 1. The first-order valence-electron chi connectivity index (χ1n) is 8.19. The summed E-state index contributed by atoms with van der Waals surface area (Å²) < 4.78 is 0. The molecule has 2 amide bonds. The van der Waals surface area contributed by atoms with Crippen molar-refractivity contribution in [3.8, 4) is 6.07 Å². The van der Waals surface area contributed by atoms with E-state index in [9.17, 15) is 14.9 Å². The van der Waals surface area contributed by atoms with Gasteiger partial charge >= 0.3 is 0 Å². The van der Waals surface area contributed by atoms with Crippen LogP contribution in [0, 0.1) is 40.4 Å². The molecular weight excluding hydrogens is 288 g/mol. The van der Waals surface area contributed by atoms with Gasteiger partial charge in [-0.15, -0.1) is 0 Å². The fraction of sp³-hybridized carbons (Fsp3) is 0.421. The van der Waals surface area contributed by atoms with E-state index in [1.54, 1.807) is 12.1 Å². The number of nitrogens with zero attached hydrogens (tertiary/aromatic N) is 2. The van der Waals surface area contributed by atoms with Gasteiger partial charge in [-0.25, -0.2) is 0 Å². The average molecular weight is 304 g/mol. The summed E-state index contributed by atoms with van der Waals surface area (Å²) in [6, 6.07) is 9.33. The molecule has 0 radical (unpaired) electrons. The van der Waals surface area contributed by atoms with E-state index in [4.69, 9.17) is 0 Å². The van der Waals surface area contributed by atoms with Crippen LogP contribution in [0.4, 0.5) is 0 Å². The molecule has 2 bridgehead atoms. The van der Waals surface area contributed by atoms with Gasteiger partial charge in [0.15, 0.2) is 0 Å². The van der Waals surface area contributed by atoms with E-state index in [2.05, 4.69) is 18.2 Å². The number of imide groups is 1. The lowest BCUT2D eigenvalue weighted by Crippen LogP contribution is -2.34. The molecule has 3 aliphatic carbocycles. The SMILES string of the molecule is N#Cc1ccccc1CN1C(=O)[C@@H]2[C@H](C1=O)[C@H]1C=C[C@H]2C12CC2. The molecule has 4 aliphatic rings. The molecule has 0 N–H and O–H groups in total. The number of rotatable bonds is 2. The summed E-state index contributed by atoms with van der Waals surface area (Å²) in [7, 11) is 0. The molecule has 1 saturated heterocycles. The van der Waals surface area contributed by atoms with Crippen molar-refractivity contribution in [1.29, 1.82) is 5.26 Å². The minimum Gasteiger partial charge on any atom is -0.278 e. The number of benzene rings is 1. The lowest BCUT2D eigenvalue weighted by molar-refractivity contribution is -0.141. The molecule has 0 unspecified atom stereocenters. The smallest absolute Gasteiger partial charge is 0.234 e. The Morgan fingerprint density at radius 1 is 1.09 bits per heavy atom. The van der Waals surface area contributed by atoms with Crippen molar-refractivity contribution in [3.05, 3.63) is 47.5 Å². The topological polar surface area (TPSA) is 61.2 Å². The van der Waals surface area contributed by atoms with Gasteiger partial charge in [0, 0.05) is 0 Å². The Bertz CT molecular complexity index is 781. The largest absolute Gasteiger partial charge is 0.278 e. The van der Waals surface area contributed by atoms with Crippen molar-refractivity contribution in [2.24, 2.45) is 29.1 Å². The summed E-state index contributed by atoms with van der Waals surface area (Å²) in [4.78, 5) is 27.2. The molecule has 1 aromatic carbocycles. The number of fused-ring (bicyclic) bond motifs is 3. The molecule has 1 aliphatic heterocycles. The molecule has 0 aromatic heterocycles. The Hall–Kier alpha value is -2.41. The van der Waals surface area contributed by atoms with Crippen LogP contribution in [0.3, 0.4) is 0 Å². The summed E-state index contributed by atoms with van der Waals surface area (Å²) in [5.41, 5.74) is 1.51. The maximum absolute atomic E-state index is 12.9. The third-order valence-corrected chi connectivity index (χ3v) is 6.41. The lowest BCUT2D eigenvalue weighted by Gasteiger charge is -2.22. The van der Waals surface area contributed by atoms with Crippen LogP contribution in [-0.2, 0) is 16.1 Å². The van der Waals surface area contributed by atoms with E-state index in [0.29, 0.717) is 5.56 Å². The van der Waals surface area contributed by atoms with E-state index in [1.807, 2.05) is 12.1 Å². The number of amides is 2. The van der Waals surface area contributed by atoms with E-state index in [-0.39, 0.29) is 47.4 Å². The number of hydrogen-bond donors (Lipinski definition) is 0. The summed E-state index contributed by atoms with van der Waals surface area (Å²) >= 11 is 0. The lowest BCUT2D eigenvalue weighted by atomic mass is 9.85. The van der Waals surface area contributed by atoms with E-state index in [1.165, 1.54) is 4.90 Å². The Kier molecular flexibility index (Phi) is 2.33. The quantitative estimate of drug-likeness (QED) is 0.622. The first-order valence-corrected chi connectivity index (χ1v) is 8.19. The van der Waals surface area contributed by atoms with Gasteiger partial charge in [0.2, 0.25) is 11.8 Å². The first kappa shape index (κ1) is 13.1. The second-order valence-electron chi connectivity index (χ2n) is 7.25. The van der Waals surface area contributed by atoms with Crippen LogP contribution in [0.15, 0.2) is 36.4 Å². The summed E-state index contributed by atoms with van der Waals surface area (Å²) in [6.45, 7) is 0.223. The van der Waals surface area contributed by atoms with E-state index < -0.39 is 0 Å². The maximum atomic E-state index is 12.9.